The summed E-state index contributed by atoms with van der Waals surface area (Å²) in [5.41, 5.74) is 0.656. The number of anilines is 1. The Morgan fingerprint density at radius 3 is 2.38 bits per heavy atom. The van der Waals surface area contributed by atoms with Crippen LogP contribution < -0.4 is 5.32 Å². The number of nitrogens with one attached hydrogen (secondary N) is 1. The molecule has 0 heterocycles. The summed E-state index contributed by atoms with van der Waals surface area (Å²) < 4.78 is 4.66. The number of hydrogen-bond acceptors (Lipinski definition) is 4. The number of carbonyl (C=O) groups excluding carboxylic acids is 2. The molecule has 0 saturated heterocycles. The molecule has 0 aromatic heterocycles. The number of rotatable bonds is 6. The quantitative estimate of drug-likeness (QED) is 0.783. The van der Waals surface area contributed by atoms with E-state index in [9.17, 15) is 14.7 Å². The molecule has 0 spiro atoms. The smallest absolute Gasteiger partial charge is 0.321 e. The summed E-state index contributed by atoms with van der Waals surface area (Å²) in [6, 6.07) is 8.64. The van der Waals surface area contributed by atoms with Gasteiger partial charge in [-0.3, -0.25) is 4.79 Å². The SMILES string of the molecule is COC(=O)C(C)CN(CC(C)O)C(=O)Nc1ccccc1. The number of esters is 1. The molecule has 2 N–H and O–H groups in total. The molecule has 2 amide bonds. The molecule has 116 valence electrons. The Kier molecular flexibility index (Phi) is 6.68. The molecule has 2 atom stereocenters. The lowest BCUT2D eigenvalue weighted by molar-refractivity contribution is -0.145. The van der Waals surface area contributed by atoms with E-state index in [2.05, 4.69) is 10.1 Å². The number of nitrogens with zero attached hydrogens (tertiary/aromatic N) is 1. The molecule has 21 heavy (non-hydrogen) atoms. The lowest BCUT2D eigenvalue weighted by Gasteiger charge is -2.26. The third-order valence-electron chi connectivity index (χ3n) is 2.89. The summed E-state index contributed by atoms with van der Waals surface area (Å²) >= 11 is 0. The predicted molar refractivity (Wildman–Crippen MR) is 79.9 cm³/mol. The van der Waals surface area contributed by atoms with Crippen LogP contribution in [-0.4, -0.2) is 48.3 Å². The number of urea groups is 1. The van der Waals surface area contributed by atoms with Crippen LogP contribution in [0.4, 0.5) is 10.5 Å². The standard InChI is InChI=1S/C15H22N2O4/c1-11(14(19)21-3)9-17(10-12(2)18)15(20)16-13-7-5-4-6-8-13/h4-8,11-12,18H,9-10H2,1-3H3,(H,16,20). The Hall–Kier alpha value is -2.08. The minimum atomic E-state index is -0.684. The first kappa shape index (κ1) is 17.0. The van der Waals surface area contributed by atoms with Gasteiger partial charge in [0.25, 0.3) is 0 Å². The molecular weight excluding hydrogens is 272 g/mol. The number of para-hydroxylation sites is 1. The van der Waals surface area contributed by atoms with Crippen molar-refractivity contribution < 1.29 is 19.4 Å². The van der Waals surface area contributed by atoms with Gasteiger partial charge in [-0.2, -0.15) is 0 Å². The van der Waals surface area contributed by atoms with Crippen LogP contribution >= 0.6 is 0 Å². The van der Waals surface area contributed by atoms with Crippen molar-refractivity contribution in [3.8, 4) is 0 Å². The van der Waals surface area contributed by atoms with Crippen LogP contribution in [0.2, 0.25) is 0 Å². The first-order valence-electron chi connectivity index (χ1n) is 6.81. The van der Waals surface area contributed by atoms with E-state index < -0.39 is 18.0 Å². The van der Waals surface area contributed by atoms with Crippen molar-refractivity contribution in [1.29, 1.82) is 0 Å². The zero-order valence-corrected chi connectivity index (χ0v) is 12.6. The van der Waals surface area contributed by atoms with E-state index in [4.69, 9.17) is 0 Å². The molecule has 0 aliphatic rings. The Morgan fingerprint density at radius 2 is 1.86 bits per heavy atom. The average Bonchev–Trinajstić information content (AvgIpc) is 2.46. The Bertz CT molecular complexity index is 462. The van der Waals surface area contributed by atoms with E-state index in [1.165, 1.54) is 12.0 Å². The van der Waals surface area contributed by atoms with Crippen LogP contribution in [0.1, 0.15) is 13.8 Å². The van der Waals surface area contributed by atoms with Gasteiger partial charge in [0.1, 0.15) is 0 Å². The van der Waals surface area contributed by atoms with E-state index in [0.29, 0.717) is 5.69 Å². The number of ether oxygens (including phenoxy) is 1. The van der Waals surface area contributed by atoms with E-state index in [1.54, 1.807) is 26.0 Å². The third-order valence-corrected chi connectivity index (χ3v) is 2.89. The van der Waals surface area contributed by atoms with E-state index in [1.807, 2.05) is 18.2 Å². The van der Waals surface area contributed by atoms with Crippen molar-refractivity contribution in [2.24, 2.45) is 5.92 Å². The molecule has 0 fully saturated rings. The van der Waals surface area contributed by atoms with Crippen LogP contribution in [0.3, 0.4) is 0 Å². The summed E-state index contributed by atoms with van der Waals surface area (Å²) in [7, 11) is 1.31. The Balaban J connectivity index is 2.72. The number of aliphatic hydroxyl groups excluding tert-OH is 1. The van der Waals surface area contributed by atoms with Crippen LogP contribution in [-0.2, 0) is 9.53 Å². The number of carbonyl (C=O) groups is 2. The van der Waals surface area contributed by atoms with Crippen LogP contribution in [0, 0.1) is 5.92 Å². The largest absolute Gasteiger partial charge is 0.469 e. The predicted octanol–water partition coefficient (Wildman–Crippen LogP) is 1.71. The van der Waals surface area contributed by atoms with Crippen molar-refractivity contribution in [1.82, 2.24) is 4.90 Å². The second kappa shape index (κ2) is 8.26. The molecule has 0 aliphatic heterocycles. The highest BCUT2D eigenvalue weighted by atomic mass is 16.5. The van der Waals surface area contributed by atoms with E-state index >= 15 is 0 Å². The minimum absolute atomic E-state index is 0.139. The van der Waals surface area contributed by atoms with Gasteiger partial charge in [-0.05, 0) is 19.1 Å². The van der Waals surface area contributed by atoms with E-state index in [-0.39, 0.29) is 19.1 Å². The summed E-state index contributed by atoms with van der Waals surface area (Å²) in [5, 5.41) is 12.2. The summed E-state index contributed by atoms with van der Waals surface area (Å²) in [6.07, 6.45) is -0.684. The van der Waals surface area contributed by atoms with Crippen LogP contribution in [0.15, 0.2) is 30.3 Å². The molecule has 1 rings (SSSR count). The number of methoxy groups -OCH3 is 1. The van der Waals surface area contributed by atoms with Gasteiger partial charge in [0.15, 0.2) is 0 Å². The van der Waals surface area contributed by atoms with Gasteiger partial charge in [-0.1, -0.05) is 25.1 Å². The topological polar surface area (TPSA) is 78.9 Å². The normalized spacial score (nSPS) is 13.1. The molecular formula is C15H22N2O4. The van der Waals surface area contributed by atoms with Gasteiger partial charge in [0, 0.05) is 18.8 Å². The van der Waals surface area contributed by atoms with Crippen molar-refractivity contribution in [3.05, 3.63) is 30.3 Å². The second-order valence-corrected chi connectivity index (χ2v) is 4.97. The van der Waals surface area contributed by atoms with Gasteiger partial charge in [-0.25, -0.2) is 4.79 Å². The van der Waals surface area contributed by atoms with Crippen LogP contribution in [0.5, 0.6) is 0 Å². The van der Waals surface area contributed by atoms with E-state index in [0.717, 1.165) is 0 Å². The van der Waals surface area contributed by atoms with Crippen molar-refractivity contribution in [2.75, 3.05) is 25.5 Å². The highest BCUT2D eigenvalue weighted by Crippen LogP contribution is 2.09. The molecule has 1 aromatic carbocycles. The fourth-order valence-electron chi connectivity index (χ4n) is 1.89. The summed E-state index contributed by atoms with van der Waals surface area (Å²) in [4.78, 5) is 25.1. The summed E-state index contributed by atoms with van der Waals surface area (Å²) in [5.74, 6) is -0.853. The average molecular weight is 294 g/mol. The molecule has 0 aliphatic carbocycles. The fraction of sp³-hybridized carbons (Fsp3) is 0.467. The first-order chi connectivity index (χ1) is 9.93. The third kappa shape index (κ3) is 5.83. The van der Waals surface area contributed by atoms with Crippen molar-refractivity contribution >= 4 is 17.7 Å². The second-order valence-electron chi connectivity index (χ2n) is 4.97. The molecule has 6 heteroatoms. The number of benzene rings is 1. The molecule has 0 saturated carbocycles. The molecule has 6 nitrogen and oxygen atoms in total. The maximum absolute atomic E-state index is 12.2. The summed E-state index contributed by atoms with van der Waals surface area (Å²) in [6.45, 7) is 3.58. The van der Waals surface area contributed by atoms with Gasteiger partial charge in [0.2, 0.25) is 0 Å². The minimum Gasteiger partial charge on any atom is -0.469 e. The lowest BCUT2D eigenvalue weighted by atomic mass is 10.1. The first-order valence-corrected chi connectivity index (χ1v) is 6.81. The number of aliphatic hydroxyl groups is 1. The maximum atomic E-state index is 12.2. The monoisotopic (exact) mass is 294 g/mol. The van der Waals surface area contributed by atoms with Gasteiger partial charge in [-0.15, -0.1) is 0 Å². The molecule has 1 aromatic rings. The number of hydrogen-bond donors (Lipinski definition) is 2. The molecule has 2 unspecified atom stereocenters. The maximum Gasteiger partial charge on any atom is 0.321 e. The Morgan fingerprint density at radius 1 is 1.24 bits per heavy atom. The zero-order valence-electron chi connectivity index (χ0n) is 12.6. The number of amides is 2. The lowest BCUT2D eigenvalue weighted by Crippen LogP contribution is -2.43. The highest BCUT2D eigenvalue weighted by molar-refractivity contribution is 5.89. The zero-order chi connectivity index (χ0) is 15.8. The Labute approximate surface area is 124 Å². The van der Waals surface area contributed by atoms with Crippen LogP contribution in [0.25, 0.3) is 0 Å². The van der Waals surface area contributed by atoms with Crippen molar-refractivity contribution in [3.63, 3.8) is 0 Å². The van der Waals surface area contributed by atoms with Gasteiger partial charge < -0.3 is 20.1 Å². The fourth-order valence-corrected chi connectivity index (χ4v) is 1.89. The molecule has 0 radical (unpaired) electrons. The highest BCUT2D eigenvalue weighted by Gasteiger charge is 2.22. The van der Waals surface area contributed by atoms with Gasteiger partial charge >= 0.3 is 12.0 Å². The van der Waals surface area contributed by atoms with Crippen molar-refractivity contribution in [2.45, 2.75) is 20.0 Å². The molecule has 0 bridgehead atoms. The van der Waals surface area contributed by atoms with Gasteiger partial charge in [0.05, 0.1) is 19.1 Å².